The van der Waals surface area contributed by atoms with Crippen LogP contribution in [0.1, 0.15) is 28.4 Å². The third-order valence-electron chi connectivity index (χ3n) is 3.82. The molecule has 0 unspecified atom stereocenters. The molecule has 102 valence electrons. The third kappa shape index (κ3) is 2.09. The van der Waals surface area contributed by atoms with Gasteiger partial charge in [-0.15, -0.1) is 0 Å². The molecule has 20 heavy (non-hydrogen) atoms. The number of benzene rings is 2. The summed E-state index contributed by atoms with van der Waals surface area (Å²) in [6.07, 6.45) is 0.980. The van der Waals surface area contributed by atoms with Crippen molar-refractivity contribution in [1.29, 1.82) is 0 Å². The average molecular weight is 269 g/mol. The number of fused-ring (bicyclic) bond motifs is 1. The van der Waals surface area contributed by atoms with Gasteiger partial charge < -0.3 is 4.90 Å². The van der Waals surface area contributed by atoms with Crippen LogP contribution < -0.4 is 4.90 Å². The van der Waals surface area contributed by atoms with Crippen LogP contribution in [0.15, 0.2) is 42.5 Å². The van der Waals surface area contributed by atoms with Crippen LogP contribution >= 0.6 is 0 Å². The van der Waals surface area contributed by atoms with Crippen molar-refractivity contribution in [1.82, 2.24) is 0 Å². The van der Waals surface area contributed by atoms with E-state index in [4.69, 9.17) is 0 Å². The van der Waals surface area contributed by atoms with E-state index >= 15 is 0 Å². The number of likely N-dealkylation sites (N-methyl/N-ethyl adjacent to an activating group) is 1. The van der Waals surface area contributed by atoms with Crippen molar-refractivity contribution in [3.8, 4) is 0 Å². The number of hydrogen-bond donors (Lipinski definition) is 0. The molecular formula is C17H16FNO. The molecule has 0 bridgehead atoms. The van der Waals surface area contributed by atoms with Crippen molar-refractivity contribution in [2.75, 3.05) is 18.0 Å². The molecule has 1 aliphatic heterocycles. The molecule has 0 radical (unpaired) electrons. The van der Waals surface area contributed by atoms with E-state index < -0.39 is 0 Å². The molecule has 2 aromatic carbocycles. The largest absolute Gasteiger partial charge is 0.371 e. The first-order valence-corrected chi connectivity index (χ1v) is 6.88. The molecule has 0 saturated carbocycles. The van der Waals surface area contributed by atoms with Gasteiger partial charge in [-0.3, -0.25) is 4.79 Å². The first-order valence-electron chi connectivity index (χ1n) is 6.88. The number of halogens is 1. The second-order valence-electron chi connectivity index (χ2n) is 4.98. The van der Waals surface area contributed by atoms with Crippen LogP contribution in [-0.2, 0) is 6.42 Å². The Balaban J connectivity index is 2.05. The monoisotopic (exact) mass is 269 g/mol. The predicted octanol–water partition coefficient (Wildman–Crippen LogP) is 3.44. The van der Waals surface area contributed by atoms with Crippen molar-refractivity contribution in [2.45, 2.75) is 13.3 Å². The Morgan fingerprint density at radius 3 is 2.65 bits per heavy atom. The SMILES string of the molecule is CCN1CCc2cccc(C(=O)c3ccc(F)cc3)c21. The summed E-state index contributed by atoms with van der Waals surface area (Å²) in [5.74, 6) is -0.364. The molecule has 0 spiro atoms. The van der Waals surface area contributed by atoms with Crippen LogP contribution in [0, 0.1) is 5.82 Å². The van der Waals surface area contributed by atoms with Gasteiger partial charge in [0, 0.05) is 24.2 Å². The first kappa shape index (κ1) is 12.9. The van der Waals surface area contributed by atoms with Gasteiger partial charge >= 0.3 is 0 Å². The summed E-state index contributed by atoms with van der Waals surface area (Å²) in [5.41, 5.74) is 3.51. The minimum Gasteiger partial charge on any atom is -0.371 e. The van der Waals surface area contributed by atoms with Crippen LogP contribution in [-0.4, -0.2) is 18.9 Å². The number of nitrogens with zero attached hydrogens (tertiary/aromatic N) is 1. The summed E-state index contributed by atoms with van der Waals surface area (Å²) in [5, 5.41) is 0. The molecule has 0 aliphatic carbocycles. The summed E-state index contributed by atoms with van der Waals surface area (Å²) in [4.78, 5) is 14.9. The lowest BCUT2D eigenvalue weighted by molar-refractivity contribution is 0.103. The molecule has 0 aromatic heterocycles. The zero-order chi connectivity index (χ0) is 14.1. The quantitative estimate of drug-likeness (QED) is 0.796. The Kier molecular flexibility index (Phi) is 3.26. The summed E-state index contributed by atoms with van der Waals surface area (Å²) >= 11 is 0. The van der Waals surface area contributed by atoms with Crippen LogP contribution in [0.4, 0.5) is 10.1 Å². The van der Waals surface area contributed by atoms with Crippen LogP contribution in [0.5, 0.6) is 0 Å². The highest BCUT2D eigenvalue weighted by molar-refractivity contribution is 6.13. The highest BCUT2D eigenvalue weighted by Crippen LogP contribution is 2.32. The number of para-hydroxylation sites is 1. The van der Waals surface area contributed by atoms with Crippen molar-refractivity contribution in [3.63, 3.8) is 0 Å². The van der Waals surface area contributed by atoms with Crippen molar-refractivity contribution < 1.29 is 9.18 Å². The van der Waals surface area contributed by atoms with Crippen LogP contribution in [0.25, 0.3) is 0 Å². The Morgan fingerprint density at radius 2 is 1.95 bits per heavy atom. The van der Waals surface area contributed by atoms with E-state index in [1.165, 1.54) is 17.7 Å². The maximum Gasteiger partial charge on any atom is 0.195 e. The molecule has 3 heteroatoms. The number of anilines is 1. The zero-order valence-corrected chi connectivity index (χ0v) is 11.4. The fourth-order valence-corrected chi connectivity index (χ4v) is 2.79. The van der Waals surface area contributed by atoms with Gasteiger partial charge in [0.15, 0.2) is 5.78 Å². The van der Waals surface area contributed by atoms with Gasteiger partial charge in [0.05, 0.1) is 5.69 Å². The summed E-state index contributed by atoms with van der Waals surface area (Å²) < 4.78 is 13.0. The third-order valence-corrected chi connectivity index (χ3v) is 3.82. The van der Waals surface area contributed by atoms with E-state index in [0.717, 1.165) is 25.2 Å². The average Bonchev–Trinajstić information content (AvgIpc) is 2.90. The number of hydrogen-bond acceptors (Lipinski definition) is 2. The van der Waals surface area contributed by atoms with Gasteiger partial charge in [-0.05, 0) is 49.2 Å². The first-order chi connectivity index (χ1) is 9.70. The molecule has 2 aromatic rings. The second-order valence-corrected chi connectivity index (χ2v) is 4.98. The maximum atomic E-state index is 13.0. The van der Waals surface area contributed by atoms with Gasteiger partial charge in [-0.25, -0.2) is 4.39 Å². The smallest absolute Gasteiger partial charge is 0.195 e. The topological polar surface area (TPSA) is 20.3 Å². The van der Waals surface area contributed by atoms with Gasteiger partial charge in [-0.1, -0.05) is 12.1 Å². The van der Waals surface area contributed by atoms with E-state index in [1.807, 2.05) is 12.1 Å². The van der Waals surface area contributed by atoms with E-state index in [2.05, 4.69) is 17.9 Å². The Hall–Kier alpha value is -2.16. The zero-order valence-electron chi connectivity index (χ0n) is 11.4. The fourth-order valence-electron chi connectivity index (χ4n) is 2.79. The predicted molar refractivity (Wildman–Crippen MR) is 77.9 cm³/mol. The highest BCUT2D eigenvalue weighted by atomic mass is 19.1. The van der Waals surface area contributed by atoms with Gasteiger partial charge in [0.25, 0.3) is 0 Å². The van der Waals surface area contributed by atoms with Gasteiger partial charge in [-0.2, -0.15) is 0 Å². The van der Waals surface area contributed by atoms with Crippen molar-refractivity contribution in [3.05, 3.63) is 65.0 Å². The number of carbonyl (C=O) groups excluding carboxylic acids is 1. The molecule has 0 atom stereocenters. The second kappa shape index (κ2) is 5.08. The highest BCUT2D eigenvalue weighted by Gasteiger charge is 2.24. The standard InChI is InChI=1S/C17H16FNO/c1-2-19-11-10-12-4-3-5-15(16(12)19)17(20)13-6-8-14(18)9-7-13/h3-9H,2,10-11H2,1H3. The lowest BCUT2D eigenvalue weighted by Crippen LogP contribution is -2.21. The molecule has 0 saturated heterocycles. The normalized spacial score (nSPS) is 13.4. The number of ketones is 1. The van der Waals surface area contributed by atoms with E-state index in [1.54, 1.807) is 12.1 Å². The molecule has 1 aliphatic rings. The van der Waals surface area contributed by atoms with Gasteiger partial charge in [0.2, 0.25) is 0 Å². The molecular weight excluding hydrogens is 253 g/mol. The molecule has 0 fully saturated rings. The van der Waals surface area contributed by atoms with E-state index in [-0.39, 0.29) is 11.6 Å². The molecule has 0 N–H and O–H groups in total. The van der Waals surface area contributed by atoms with E-state index in [9.17, 15) is 9.18 Å². The maximum absolute atomic E-state index is 13.0. The summed E-state index contributed by atoms with van der Waals surface area (Å²) in [7, 11) is 0. The van der Waals surface area contributed by atoms with Crippen molar-refractivity contribution >= 4 is 11.5 Å². The van der Waals surface area contributed by atoms with E-state index in [0.29, 0.717) is 11.1 Å². The lowest BCUT2D eigenvalue weighted by Gasteiger charge is -2.19. The van der Waals surface area contributed by atoms with Crippen LogP contribution in [0.2, 0.25) is 0 Å². The molecule has 0 amide bonds. The molecule has 2 nitrogen and oxygen atoms in total. The fraction of sp³-hybridized carbons (Fsp3) is 0.235. The number of rotatable bonds is 3. The van der Waals surface area contributed by atoms with Gasteiger partial charge in [0.1, 0.15) is 5.82 Å². The molecule has 1 heterocycles. The molecule has 3 rings (SSSR count). The lowest BCUT2D eigenvalue weighted by atomic mass is 9.99. The Bertz CT molecular complexity index is 649. The number of carbonyl (C=O) groups is 1. The summed E-state index contributed by atoms with van der Waals surface area (Å²) in [6.45, 7) is 3.94. The summed E-state index contributed by atoms with van der Waals surface area (Å²) in [6, 6.07) is 11.6. The Labute approximate surface area is 117 Å². The minimum absolute atomic E-state index is 0.0396. The van der Waals surface area contributed by atoms with Crippen molar-refractivity contribution in [2.24, 2.45) is 0 Å². The minimum atomic E-state index is -0.324. The van der Waals surface area contributed by atoms with Crippen LogP contribution in [0.3, 0.4) is 0 Å². The Morgan fingerprint density at radius 1 is 1.20 bits per heavy atom.